The lowest BCUT2D eigenvalue weighted by Gasteiger charge is -2.11. The summed E-state index contributed by atoms with van der Waals surface area (Å²) >= 11 is 0. The molecule has 1 unspecified atom stereocenters. The molecule has 2 heteroatoms. The minimum absolute atomic E-state index is 0.192. The van der Waals surface area contributed by atoms with Crippen LogP contribution < -0.4 is 0 Å². The monoisotopic (exact) mass is 268 g/mol. The fraction of sp³-hybridized carbons (Fsp3) is 0.333. The van der Waals surface area contributed by atoms with Gasteiger partial charge in [0.2, 0.25) is 0 Å². The zero-order valence-electron chi connectivity index (χ0n) is 12.3. The van der Waals surface area contributed by atoms with Gasteiger partial charge in [0.15, 0.2) is 6.10 Å². The Hall–Kier alpha value is -2.05. The zero-order valence-corrected chi connectivity index (χ0v) is 12.3. The van der Waals surface area contributed by atoms with Crippen molar-refractivity contribution in [1.82, 2.24) is 0 Å². The maximum absolute atomic E-state index is 12.1. The van der Waals surface area contributed by atoms with Crippen LogP contribution in [0.3, 0.4) is 0 Å². The predicted octanol–water partition coefficient (Wildman–Crippen LogP) is 4.50. The van der Waals surface area contributed by atoms with Gasteiger partial charge < -0.3 is 4.74 Å². The highest BCUT2D eigenvalue weighted by atomic mass is 16.5. The van der Waals surface area contributed by atoms with Gasteiger partial charge in [-0.2, -0.15) is 0 Å². The molecule has 0 amide bonds. The highest BCUT2D eigenvalue weighted by Crippen LogP contribution is 2.37. The smallest absolute Gasteiger partial charge is 0.335 e. The van der Waals surface area contributed by atoms with E-state index in [2.05, 4.69) is 12.7 Å². The topological polar surface area (TPSA) is 26.3 Å². The molecule has 0 aliphatic carbocycles. The van der Waals surface area contributed by atoms with Crippen LogP contribution in [0.15, 0.2) is 58.9 Å². The fourth-order valence-electron chi connectivity index (χ4n) is 2.27. The number of cyclic esters (lactones) is 1. The van der Waals surface area contributed by atoms with E-state index in [0.29, 0.717) is 0 Å². The lowest BCUT2D eigenvalue weighted by molar-refractivity contribution is -0.140. The maximum atomic E-state index is 12.1. The van der Waals surface area contributed by atoms with E-state index in [-0.39, 0.29) is 12.1 Å². The number of rotatable bonds is 4. The van der Waals surface area contributed by atoms with E-state index in [1.807, 2.05) is 50.3 Å². The Kier molecular flexibility index (Phi) is 4.60. The second kappa shape index (κ2) is 6.40. The van der Waals surface area contributed by atoms with E-state index in [9.17, 15) is 4.79 Å². The molecule has 0 fully saturated rings. The SMILES string of the molecule is CCCC1=C(C=C=C(C)C)C(c2ccccc2)OC1=O. The highest BCUT2D eigenvalue weighted by molar-refractivity contribution is 5.93. The summed E-state index contributed by atoms with van der Waals surface area (Å²) in [4.78, 5) is 12.1. The van der Waals surface area contributed by atoms with Crippen molar-refractivity contribution in [3.8, 4) is 0 Å². The van der Waals surface area contributed by atoms with Crippen LogP contribution in [-0.4, -0.2) is 5.97 Å². The summed E-state index contributed by atoms with van der Waals surface area (Å²) in [5.41, 5.74) is 7.02. The minimum atomic E-state index is -0.294. The first-order chi connectivity index (χ1) is 9.63. The first-order valence-electron chi connectivity index (χ1n) is 7.02. The average molecular weight is 268 g/mol. The number of esters is 1. The number of carbonyl (C=O) groups is 1. The van der Waals surface area contributed by atoms with Gasteiger partial charge in [0, 0.05) is 11.1 Å². The van der Waals surface area contributed by atoms with E-state index >= 15 is 0 Å². The number of carbonyl (C=O) groups excluding carboxylic acids is 1. The van der Waals surface area contributed by atoms with Crippen molar-refractivity contribution < 1.29 is 9.53 Å². The van der Waals surface area contributed by atoms with Gasteiger partial charge in [-0.3, -0.25) is 0 Å². The lowest BCUT2D eigenvalue weighted by Crippen LogP contribution is -2.02. The van der Waals surface area contributed by atoms with Crippen LogP contribution in [-0.2, 0) is 9.53 Å². The molecule has 0 saturated heterocycles. The Labute approximate surface area is 120 Å². The highest BCUT2D eigenvalue weighted by Gasteiger charge is 2.32. The number of ether oxygens (including phenoxy) is 1. The van der Waals surface area contributed by atoms with Crippen LogP contribution in [0.5, 0.6) is 0 Å². The van der Waals surface area contributed by atoms with E-state index in [0.717, 1.165) is 35.1 Å². The largest absolute Gasteiger partial charge is 0.449 e. The summed E-state index contributed by atoms with van der Waals surface area (Å²) < 4.78 is 5.56. The van der Waals surface area contributed by atoms with Crippen LogP contribution in [0, 0.1) is 0 Å². The van der Waals surface area contributed by atoms with E-state index < -0.39 is 0 Å². The number of hydrogen-bond donors (Lipinski definition) is 0. The maximum Gasteiger partial charge on any atom is 0.335 e. The van der Waals surface area contributed by atoms with Crippen LogP contribution in [0.4, 0.5) is 0 Å². The van der Waals surface area contributed by atoms with Gasteiger partial charge in [-0.25, -0.2) is 4.79 Å². The molecule has 1 aromatic carbocycles. The third-order valence-corrected chi connectivity index (χ3v) is 3.22. The van der Waals surface area contributed by atoms with E-state index in [4.69, 9.17) is 4.74 Å². The van der Waals surface area contributed by atoms with Crippen molar-refractivity contribution >= 4 is 5.97 Å². The zero-order chi connectivity index (χ0) is 14.5. The molecule has 0 radical (unpaired) electrons. The van der Waals surface area contributed by atoms with Gasteiger partial charge in [0.05, 0.1) is 0 Å². The number of benzene rings is 1. The molecule has 104 valence electrons. The Balaban J connectivity index is 2.48. The third kappa shape index (κ3) is 3.09. The molecule has 0 bridgehead atoms. The summed E-state index contributed by atoms with van der Waals surface area (Å²) in [6.07, 6.45) is 3.29. The standard InChI is InChI=1S/C18H20O2/c1-4-8-16-15(12-11-13(2)3)17(20-18(16)19)14-9-6-5-7-10-14/h5-7,9-10,12,17H,4,8H2,1-3H3. The molecule has 20 heavy (non-hydrogen) atoms. The number of hydrogen-bond acceptors (Lipinski definition) is 2. The molecule has 2 nitrogen and oxygen atoms in total. The normalized spacial score (nSPS) is 17.8. The molecule has 0 saturated carbocycles. The molecule has 1 aliphatic rings. The molecule has 2 rings (SSSR count). The van der Waals surface area contributed by atoms with E-state index in [1.54, 1.807) is 0 Å². The van der Waals surface area contributed by atoms with Gasteiger partial charge in [-0.05, 0) is 37.5 Å². The van der Waals surface area contributed by atoms with Crippen molar-refractivity contribution in [2.75, 3.05) is 0 Å². The summed E-state index contributed by atoms with van der Waals surface area (Å²) in [5, 5.41) is 0. The Morgan fingerprint density at radius 3 is 2.60 bits per heavy atom. The van der Waals surface area contributed by atoms with Crippen molar-refractivity contribution in [3.63, 3.8) is 0 Å². The molecule has 0 aromatic heterocycles. The average Bonchev–Trinajstić information content (AvgIpc) is 2.75. The van der Waals surface area contributed by atoms with Crippen LogP contribution in [0.25, 0.3) is 0 Å². The Bertz CT molecular complexity index is 583. The van der Waals surface area contributed by atoms with E-state index in [1.165, 1.54) is 0 Å². The van der Waals surface area contributed by atoms with Gasteiger partial charge in [0.1, 0.15) is 0 Å². The molecular formula is C18H20O2. The summed E-state index contributed by atoms with van der Waals surface area (Å²) in [6.45, 7) is 6.05. The Morgan fingerprint density at radius 1 is 1.30 bits per heavy atom. The van der Waals surface area contributed by atoms with Crippen LogP contribution in [0.1, 0.15) is 45.3 Å². The molecule has 1 heterocycles. The molecule has 1 atom stereocenters. The van der Waals surface area contributed by atoms with Gasteiger partial charge in [0.25, 0.3) is 0 Å². The lowest BCUT2D eigenvalue weighted by atomic mass is 9.97. The second-order valence-corrected chi connectivity index (χ2v) is 5.17. The summed E-state index contributed by atoms with van der Waals surface area (Å²) in [5.74, 6) is -0.192. The van der Waals surface area contributed by atoms with Crippen molar-refractivity contribution in [2.45, 2.75) is 39.7 Å². The van der Waals surface area contributed by atoms with Crippen molar-refractivity contribution in [3.05, 3.63) is 64.4 Å². The van der Waals surface area contributed by atoms with Gasteiger partial charge in [-0.1, -0.05) is 43.7 Å². The molecule has 0 N–H and O–H groups in total. The first kappa shape index (κ1) is 14.4. The first-order valence-corrected chi connectivity index (χ1v) is 7.02. The van der Waals surface area contributed by atoms with Crippen LogP contribution in [0.2, 0.25) is 0 Å². The van der Waals surface area contributed by atoms with Crippen molar-refractivity contribution in [2.24, 2.45) is 0 Å². The van der Waals surface area contributed by atoms with Gasteiger partial charge in [-0.15, -0.1) is 5.73 Å². The fourth-order valence-corrected chi connectivity index (χ4v) is 2.27. The predicted molar refractivity (Wildman–Crippen MR) is 80.2 cm³/mol. The van der Waals surface area contributed by atoms with Crippen LogP contribution >= 0.6 is 0 Å². The molecule has 1 aliphatic heterocycles. The minimum Gasteiger partial charge on any atom is -0.449 e. The third-order valence-electron chi connectivity index (χ3n) is 3.22. The molecular weight excluding hydrogens is 248 g/mol. The second-order valence-electron chi connectivity index (χ2n) is 5.17. The summed E-state index contributed by atoms with van der Waals surface area (Å²) in [6, 6.07) is 9.86. The molecule has 1 aromatic rings. The molecule has 0 spiro atoms. The van der Waals surface area contributed by atoms with Gasteiger partial charge >= 0.3 is 5.97 Å². The Morgan fingerprint density at radius 2 is 2.00 bits per heavy atom. The quantitative estimate of drug-likeness (QED) is 0.593. The summed E-state index contributed by atoms with van der Waals surface area (Å²) in [7, 11) is 0. The van der Waals surface area contributed by atoms with Crippen molar-refractivity contribution in [1.29, 1.82) is 0 Å².